The fourth-order valence-corrected chi connectivity index (χ4v) is 1.83. The van der Waals surface area contributed by atoms with Gasteiger partial charge in [-0.15, -0.1) is 0 Å². The molecular weight excluding hydrogens is 178 g/mol. The van der Waals surface area contributed by atoms with Gasteiger partial charge in [-0.25, -0.2) is 0 Å². The van der Waals surface area contributed by atoms with Crippen molar-refractivity contribution in [3.8, 4) is 0 Å². The molecule has 1 amide bonds. The summed E-state index contributed by atoms with van der Waals surface area (Å²) >= 11 is 0. The summed E-state index contributed by atoms with van der Waals surface area (Å²) in [6.07, 6.45) is 5.70. The lowest BCUT2D eigenvalue weighted by molar-refractivity contribution is -0.130. The maximum Gasteiger partial charge on any atom is 0.222 e. The van der Waals surface area contributed by atoms with E-state index < -0.39 is 0 Å². The van der Waals surface area contributed by atoms with Gasteiger partial charge in [-0.2, -0.15) is 0 Å². The van der Waals surface area contributed by atoms with Crippen LogP contribution in [0.15, 0.2) is 0 Å². The van der Waals surface area contributed by atoms with Crippen LogP contribution in [0.4, 0.5) is 0 Å². The number of carbonyl (C=O) groups excluding carboxylic acids is 1. The van der Waals surface area contributed by atoms with Gasteiger partial charge in [-0.3, -0.25) is 4.79 Å². The van der Waals surface area contributed by atoms with Crippen molar-refractivity contribution in [2.45, 2.75) is 51.6 Å². The Balaban J connectivity index is 2.09. The molecule has 1 fully saturated rings. The molecule has 82 valence electrons. The van der Waals surface area contributed by atoms with Crippen LogP contribution in [0.1, 0.15) is 45.4 Å². The van der Waals surface area contributed by atoms with Gasteiger partial charge >= 0.3 is 0 Å². The molecule has 0 aromatic carbocycles. The van der Waals surface area contributed by atoms with Crippen molar-refractivity contribution in [3.05, 3.63) is 0 Å². The number of unbranched alkanes of at least 4 members (excludes halogenated alkanes) is 3. The zero-order valence-electron chi connectivity index (χ0n) is 9.04. The van der Waals surface area contributed by atoms with Crippen LogP contribution in [0.2, 0.25) is 0 Å². The molecule has 1 saturated heterocycles. The van der Waals surface area contributed by atoms with Crippen molar-refractivity contribution in [1.82, 2.24) is 4.90 Å². The van der Waals surface area contributed by atoms with E-state index in [9.17, 15) is 9.90 Å². The summed E-state index contributed by atoms with van der Waals surface area (Å²) in [4.78, 5) is 13.4. The smallest absolute Gasteiger partial charge is 0.222 e. The normalized spacial score (nSPS) is 21.6. The summed E-state index contributed by atoms with van der Waals surface area (Å²) in [5.74, 6) is 0.220. The largest absolute Gasteiger partial charge is 0.391 e. The minimum absolute atomic E-state index is 0.220. The molecular formula is C11H21NO2. The van der Waals surface area contributed by atoms with Crippen LogP contribution in [0, 0.1) is 0 Å². The molecule has 1 aliphatic heterocycles. The number of hydrogen-bond donors (Lipinski definition) is 1. The van der Waals surface area contributed by atoms with Crippen molar-refractivity contribution < 1.29 is 9.90 Å². The summed E-state index contributed by atoms with van der Waals surface area (Å²) in [5.41, 5.74) is 0. The number of rotatable bonds is 5. The SMILES string of the molecule is CCCCCCC(=O)N1CC[C@@H](O)C1. The average Bonchev–Trinajstić information content (AvgIpc) is 2.59. The number of hydrogen-bond acceptors (Lipinski definition) is 2. The van der Waals surface area contributed by atoms with Gasteiger partial charge in [0.25, 0.3) is 0 Å². The van der Waals surface area contributed by atoms with Crippen molar-refractivity contribution in [1.29, 1.82) is 0 Å². The molecule has 3 heteroatoms. The summed E-state index contributed by atoms with van der Waals surface area (Å²) in [5, 5.41) is 9.26. The highest BCUT2D eigenvalue weighted by Crippen LogP contribution is 2.12. The first-order valence-corrected chi connectivity index (χ1v) is 5.70. The summed E-state index contributed by atoms with van der Waals surface area (Å²) < 4.78 is 0. The van der Waals surface area contributed by atoms with Crippen molar-refractivity contribution in [3.63, 3.8) is 0 Å². The Hall–Kier alpha value is -0.570. The van der Waals surface area contributed by atoms with E-state index in [2.05, 4.69) is 6.92 Å². The highest BCUT2D eigenvalue weighted by atomic mass is 16.3. The van der Waals surface area contributed by atoms with Crippen molar-refractivity contribution >= 4 is 5.91 Å². The maximum atomic E-state index is 11.6. The lowest BCUT2D eigenvalue weighted by Gasteiger charge is -2.14. The van der Waals surface area contributed by atoms with E-state index >= 15 is 0 Å². The predicted molar refractivity (Wildman–Crippen MR) is 56.0 cm³/mol. The Morgan fingerprint density at radius 3 is 2.79 bits per heavy atom. The molecule has 0 aromatic rings. The number of carbonyl (C=O) groups is 1. The Kier molecular flexibility index (Phi) is 4.94. The second-order valence-corrected chi connectivity index (χ2v) is 4.09. The van der Waals surface area contributed by atoms with Crippen LogP contribution >= 0.6 is 0 Å². The molecule has 1 aliphatic rings. The summed E-state index contributed by atoms with van der Waals surface area (Å²) in [6, 6.07) is 0. The van der Waals surface area contributed by atoms with Gasteiger partial charge in [0.2, 0.25) is 5.91 Å². The van der Waals surface area contributed by atoms with Gasteiger partial charge in [0.05, 0.1) is 6.10 Å². The molecule has 1 N–H and O–H groups in total. The lowest BCUT2D eigenvalue weighted by Crippen LogP contribution is -2.29. The quantitative estimate of drug-likeness (QED) is 0.682. The van der Waals surface area contributed by atoms with E-state index in [1.54, 1.807) is 4.90 Å². The highest BCUT2D eigenvalue weighted by molar-refractivity contribution is 5.76. The molecule has 0 saturated carbocycles. The molecule has 0 radical (unpaired) electrons. The van der Waals surface area contributed by atoms with E-state index in [1.807, 2.05) is 0 Å². The van der Waals surface area contributed by atoms with E-state index in [1.165, 1.54) is 12.8 Å². The van der Waals surface area contributed by atoms with Crippen LogP contribution in [0.3, 0.4) is 0 Å². The Morgan fingerprint density at radius 1 is 1.43 bits per heavy atom. The lowest BCUT2D eigenvalue weighted by atomic mass is 10.1. The molecule has 14 heavy (non-hydrogen) atoms. The Morgan fingerprint density at radius 2 is 2.21 bits per heavy atom. The number of aliphatic hydroxyl groups excluding tert-OH is 1. The zero-order valence-corrected chi connectivity index (χ0v) is 9.04. The molecule has 1 heterocycles. The van der Waals surface area contributed by atoms with Crippen molar-refractivity contribution in [2.24, 2.45) is 0 Å². The fourth-order valence-electron chi connectivity index (χ4n) is 1.83. The molecule has 0 bridgehead atoms. The summed E-state index contributed by atoms with van der Waals surface area (Å²) in [6.45, 7) is 3.46. The minimum Gasteiger partial charge on any atom is -0.391 e. The topological polar surface area (TPSA) is 40.5 Å². The Bertz CT molecular complexity index is 182. The molecule has 0 unspecified atom stereocenters. The second kappa shape index (κ2) is 6.02. The standard InChI is InChI=1S/C11H21NO2/c1-2-3-4-5-6-11(14)12-8-7-10(13)9-12/h10,13H,2-9H2,1H3/t10-/m1/s1. The van der Waals surface area contributed by atoms with Gasteiger partial charge in [-0.05, 0) is 12.8 Å². The van der Waals surface area contributed by atoms with Crippen LogP contribution in [0.25, 0.3) is 0 Å². The van der Waals surface area contributed by atoms with Gasteiger partial charge < -0.3 is 10.0 Å². The van der Waals surface area contributed by atoms with E-state index in [4.69, 9.17) is 0 Å². The second-order valence-electron chi connectivity index (χ2n) is 4.09. The van der Waals surface area contributed by atoms with Crippen LogP contribution in [-0.2, 0) is 4.79 Å². The third kappa shape index (κ3) is 3.66. The number of nitrogens with zero attached hydrogens (tertiary/aromatic N) is 1. The predicted octanol–water partition coefficient (Wildman–Crippen LogP) is 1.55. The number of aliphatic hydroxyl groups is 1. The van der Waals surface area contributed by atoms with Gasteiger partial charge in [0.1, 0.15) is 0 Å². The van der Waals surface area contributed by atoms with Gasteiger partial charge in [0, 0.05) is 19.5 Å². The van der Waals surface area contributed by atoms with E-state index in [-0.39, 0.29) is 12.0 Å². The van der Waals surface area contributed by atoms with Gasteiger partial charge in [0.15, 0.2) is 0 Å². The number of likely N-dealkylation sites (tertiary alicyclic amines) is 1. The monoisotopic (exact) mass is 199 g/mol. The van der Waals surface area contributed by atoms with Crippen LogP contribution in [0.5, 0.6) is 0 Å². The molecule has 0 aliphatic carbocycles. The molecule has 0 spiro atoms. The van der Waals surface area contributed by atoms with Crippen molar-refractivity contribution in [2.75, 3.05) is 13.1 Å². The number of β-amino-alcohol motifs (C(OH)–C–C–N with tert-alkyl or cyclic N) is 1. The molecule has 1 atom stereocenters. The maximum absolute atomic E-state index is 11.6. The number of amides is 1. The molecule has 0 aromatic heterocycles. The van der Waals surface area contributed by atoms with Crippen LogP contribution in [-0.4, -0.2) is 35.1 Å². The Labute approximate surface area is 86.1 Å². The third-order valence-corrected chi connectivity index (χ3v) is 2.76. The first-order valence-electron chi connectivity index (χ1n) is 5.70. The highest BCUT2D eigenvalue weighted by Gasteiger charge is 2.23. The summed E-state index contributed by atoms with van der Waals surface area (Å²) in [7, 11) is 0. The van der Waals surface area contributed by atoms with Crippen LogP contribution < -0.4 is 0 Å². The molecule has 3 nitrogen and oxygen atoms in total. The minimum atomic E-state index is -0.283. The van der Waals surface area contributed by atoms with Gasteiger partial charge in [-0.1, -0.05) is 26.2 Å². The third-order valence-electron chi connectivity index (χ3n) is 2.76. The zero-order chi connectivity index (χ0) is 10.4. The first kappa shape index (κ1) is 11.5. The average molecular weight is 199 g/mol. The molecule has 1 rings (SSSR count). The van der Waals surface area contributed by atoms with E-state index in [0.717, 1.165) is 25.8 Å². The fraction of sp³-hybridized carbons (Fsp3) is 0.909. The van der Waals surface area contributed by atoms with E-state index in [0.29, 0.717) is 13.0 Å². The first-order chi connectivity index (χ1) is 6.74.